The maximum Gasteiger partial charge on any atom is 0.139 e. The molecular weight excluding hydrogens is 227 g/mol. The maximum absolute atomic E-state index is 5.74. The second-order valence-electron chi connectivity index (χ2n) is 2.17. The van der Waals surface area contributed by atoms with E-state index in [0.29, 0.717) is 5.15 Å². The Bertz CT molecular complexity index is 396. The Morgan fingerprint density at radius 1 is 1.55 bits per heavy atom. The number of nitrogens with zero attached hydrogens (tertiary/aromatic N) is 1. The predicted octanol–water partition coefficient (Wildman–Crippen LogP) is 2.98. The van der Waals surface area contributed by atoms with Crippen molar-refractivity contribution in [2.24, 2.45) is 0 Å². The van der Waals surface area contributed by atoms with Gasteiger partial charge in [-0.05, 0) is 28.1 Å². The van der Waals surface area contributed by atoms with Crippen LogP contribution in [0.3, 0.4) is 0 Å². The van der Waals surface area contributed by atoms with Gasteiger partial charge in [-0.3, -0.25) is 0 Å². The van der Waals surface area contributed by atoms with Crippen molar-refractivity contribution in [3.8, 4) is 0 Å². The summed E-state index contributed by atoms with van der Waals surface area (Å²) in [6.07, 6.45) is 1.72. The topological polar surface area (TPSA) is 28.7 Å². The lowest BCUT2D eigenvalue weighted by molar-refractivity contribution is 1.32. The Kier molecular flexibility index (Phi) is 1.62. The standard InChI is InChI=1S/C7H4BrClN2/c8-5-1-2-10-7-4(5)3-6(9)11-7/h1-3H,(H,10,11). The summed E-state index contributed by atoms with van der Waals surface area (Å²) >= 11 is 9.13. The highest BCUT2D eigenvalue weighted by Gasteiger charge is 2.01. The van der Waals surface area contributed by atoms with Gasteiger partial charge in [0.25, 0.3) is 0 Å². The van der Waals surface area contributed by atoms with Gasteiger partial charge in [0.2, 0.25) is 0 Å². The van der Waals surface area contributed by atoms with Gasteiger partial charge >= 0.3 is 0 Å². The minimum absolute atomic E-state index is 0.611. The van der Waals surface area contributed by atoms with Crippen molar-refractivity contribution >= 4 is 38.6 Å². The van der Waals surface area contributed by atoms with E-state index in [1.54, 1.807) is 6.20 Å². The van der Waals surface area contributed by atoms with E-state index in [0.717, 1.165) is 15.5 Å². The van der Waals surface area contributed by atoms with E-state index >= 15 is 0 Å². The molecule has 0 aliphatic rings. The van der Waals surface area contributed by atoms with Crippen molar-refractivity contribution in [2.75, 3.05) is 0 Å². The molecule has 2 nitrogen and oxygen atoms in total. The average molecular weight is 231 g/mol. The fraction of sp³-hybridized carbons (Fsp3) is 0. The fourth-order valence-electron chi connectivity index (χ4n) is 0.963. The number of pyridine rings is 1. The molecular formula is C7H4BrClN2. The first-order valence-corrected chi connectivity index (χ1v) is 4.23. The van der Waals surface area contributed by atoms with E-state index in [4.69, 9.17) is 11.6 Å². The first-order chi connectivity index (χ1) is 5.27. The zero-order chi connectivity index (χ0) is 7.84. The molecule has 0 aromatic carbocycles. The highest BCUT2D eigenvalue weighted by atomic mass is 79.9. The number of aromatic nitrogens is 2. The summed E-state index contributed by atoms with van der Waals surface area (Å²) in [6, 6.07) is 3.72. The summed E-state index contributed by atoms with van der Waals surface area (Å²) < 4.78 is 1.01. The van der Waals surface area contributed by atoms with E-state index in [2.05, 4.69) is 25.9 Å². The molecule has 2 aromatic heterocycles. The summed E-state index contributed by atoms with van der Waals surface area (Å²) in [6.45, 7) is 0. The van der Waals surface area contributed by atoms with Crippen molar-refractivity contribution in [1.82, 2.24) is 9.97 Å². The quantitative estimate of drug-likeness (QED) is 0.742. The molecule has 11 heavy (non-hydrogen) atoms. The maximum atomic E-state index is 5.74. The number of rotatable bonds is 0. The first-order valence-electron chi connectivity index (χ1n) is 3.06. The number of aromatic amines is 1. The van der Waals surface area contributed by atoms with E-state index in [9.17, 15) is 0 Å². The summed E-state index contributed by atoms with van der Waals surface area (Å²) in [5.41, 5.74) is 0.810. The largest absolute Gasteiger partial charge is 0.330 e. The lowest BCUT2D eigenvalue weighted by Gasteiger charge is -1.89. The normalized spacial score (nSPS) is 10.7. The van der Waals surface area contributed by atoms with Crippen LogP contribution in [0.2, 0.25) is 5.15 Å². The third-order valence-electron chi connectivity index (χ3n) is 1.45. The van der Waals surface area contributed by atoms with Gasteiger partial charge in [-0.1, -0.05) is 11.6 Å². The van der Waals surface area contributed by atoms with Crippen LogP contribution in [0.15, 0.2) is 22.8 Å². The number of nitrogens with one attached hydrogen (secondary N) is 1. The molecule has 0 atom stereocenters. The number of H-pyrrole nitrogens is 1. The van der Waals surface area contributed by atoms with Gasteiger partial charge in [0.1, 0.15) is 10.8 Å². The van der Waals surface area contributed by atoms with Crippen molar-refractivity contribution < 1.29 is 0 Å². The smallest absolute Gasteiger partial charge is 0.139 e. The minimum atomic E-state index is 0.611. The van der Waals surface area contributed by atoms with Crippen molar-refractivity contribution in [1.29, 1.82) is 0 Å². The van der Waals surface area contributed by atoms with Crippen LogP contribution in [-0.2, 0) is 0 Å². The molecule has 4 heteroatoms. The average Bonchev–Trinajstić information content (AvgIpc) is 2.31. The van der Waals surface area contributed by atoms with Gasteiger partial charge in [-0.15, -0.1) is 0 Å². The Morgan fingerprint density at radius 2 is 2.36 bits per heavy atom. The van der Waals surface area contributed by atoms with Gasteiger partial charge in [-0.25, -0.2) is 4.98 Å². The molecule has 0 bridgehead atoms. The Hall–Kier alpha value is -0.540. The van der Waals surface area contributed by atoms with Gasteiger partial charge in [0.15, 0.2) is 0 Å². The van der Waals surface area contributed by atoms with Crippen LogP contribution in [0.25, 0.3) is 11.0 Å². The number of halogens is 2. The van der Waals surface area contributed by atoms with Gasteiger partial charge in [0.05, 0.1) is 0 Å². The second-order valence-corrected chi connectivity index (χ2v) is 3.43. The summed E-state index contributed by atoms with van der Waals surface area (Å²) in [5, 5.41) is 1.62. The fourth-order valence-corrected chi connectivity index (χ4v) is 1.58. The number of hydrogen-bond donors (Lipinski definition) is 1. The van der Waals surface area contributed by atoms with Gasteiger partial charge in [0, 0.05) is 16.1 Å². The van der Waals surface area contributed by atoms with E-state index < -0.39 is 0 Å². The first kappa shape index (κ1) is 7.13. The zero-order valence-electron chi connectivity index (χ0n) is 5.44. The van der Waals surface area contributed by atoms with Crippen LogP contribution in [0.1, 0.15) is 0 Å². The van der Waals surface area contributed by atoms with Crippen LogP contribution < -0.4 is 0 Å². The summed E-state index contributed by atoms with van der Waals surface area (Å²) in [7, 11) is 0. The molecule has 2 aromatic rings. The lowest BCUT2D eigenvalue weighted by Crippen LogP contribution is -1.74. The molecule has 0 saturated carbocycles. The highest BCUT2D eigenvalue weighted by Crippen LogP contribution is 2.24. The molecule has 1 N–H and O–H groups in total. The molecule has 0 aliphatic heterocycles. The molecule has 0 unspecified atom stereocenters. The second kappa shape index (κ2) is 2.50. The molecule has 0 fully saturated rings. The molecule has 2 heterocycles. The van der Waals surface area contributed by atoms with Crippen LogP contribution in [0.5, 0.6) is 0 Å². The van der Waals surface area contributed by atoms with Crippen molar-refractivity contribution in [3.63, 3.8) is 0 Å². The molecule has 56 valence electrons. The zero-order valence-corrected chi connectivity index (χ0v) is 7.78. The molecule has 0 aliphatic carbocycles. The molecule has 0 radical (unpaired) electrons. The predicted molar refractivity (Wildman–Crippen MR) is 48.8 cm³/mol. The minimum Gasteiger partial charge on any atom is -0.330 e. The van der Waals surface area contributed by atoms with Crippen molar-refractivity contribution in [3.05, 3.63) is 28.0 Å². The SMILES string of the molecule is Clc1cc2c(Br)ccnc2[nH]1. The van der Waals surface area contributed by atoms with Crippen LogP contribution in [0.4, 0.5) is 0 Å². The van der Waals surface area contributed by atoms with Crippen molar-refractivity contribution in [2.45, 2.75) is 0 Å². The molecule has 0 saturated heterocycles. The highest BCUT2D eigenvalue weighted by molar-refractivity contribution is 9.10. The lowest BCUT2D eigenvalue weighted by atomic mass is 10.3. The van der Waals surface area contributed by atoms with E-state index in [-0.39, 0.29) is 0 Å². The number of hydrogen-bond acceptors (Lipinski definition) is 1. The van der Waals surface area contributed by atoms with Crippen LogP contribution >= 0.6 is 27.5 Å². The molecule has 0 spiro atoms. The van der Waals surface area contributed by atoms with Crippen LogP contribution in [-0.4, -0.2) is 9.97 Å². The van der Waals surface area contributed by atoms with E-state index in [1.165, 1.54) is 0 Å². The number of fused-ring (bicyclic) bond motifs is 1. The Labute approximate surface area is 76.7 Å². The molecule has 0 amide bonds. The Morgan fingerprint density at radius 3 is 3.09 bits per heavy atom. The van der Waals surface area contributed by atoms with Gasteiger partial charge in [-0.2, -0.15) is 0 Å². The third kappa shape index (κ3) is 1.14. The summed E-state index contributed by atoms with van der Waals surface area (Å²) in [5.74, 6) is 0. The van der Waals surface area contributed by atoms with Gasteiger partial charge < -0.3 is 4.98 Å². The Balaban J connectivity index is 2.90. The molecule has 2 rings (SSSR count). The summed E-state index contributed by atoms with van der Waals surface area (Å²) in [4.78, 5) is 7.02. The third-order valence-corrected chi connectivity index (χ3v) is 2.34. The monoisotopic (exact) mass is 230 g/mol. The van der Waals surface area contributed by atoms with E-state index in [1.807, 2.05) is 12.1 Å². The van der Waals surface area contributed by atoms with Crippen LogP contribution in [0, 0.1) is 0 Å².